The van der Waals surface area contributed by atoms with Gasteiger partial charge >= 0.3 is 0 Å². The fraction of sp³-hybridized carbons (Fsp3) is 0.727. The lowest BCUT2D eigenvalue weighted by atomic mass is 9.89. The first-order chi connectivity index (χ1) is 13.7. The highest BCUT2D eigenvalue weighted by molar-refractivity contribution is 14.0. The number of aromatic nitrogens is 1. The van der Waals surface area contributed by atoms with Gasteiger partial charge < -0.3 is 20.1 Å². The second kappa shape index (κ2) is 15.8. The van der Waals surface area contributed by atoms with E-state index in [0.717, 1.165) is 71.3 Å². The molecule has 7 heteroatoms. The molecule has 1 aliphatic rings. The quantitative estimate of drug-likeness (QED) is 0.202. The first kappa shape index (κ1) is 26.1. The van der Waals surface area contributed by atoms with Crippen LogP contribution in [-0.4, -0.2) is 57.0 Å². The zero-order chi connectivity index (χ0) is 20.0. The number of guanidine groups is 1. The summed E-state index contributed by atoms with van der Waals surface area (Å²) in [5.41, 5.74) is 1.25. The zero-order valence-corrected chi connectivity index (χ0v) is 20.6. The Bertz CT molecular complexity index is 551. The molecule has 166 valence electrons. The summed E-state index contributed by atoms with van der Waals surface area (Å²) in [7, 11) is 0. The highest BCUT2D eigenvalue weighted by atomic mass is 127. The van der Waals surface area contributed by atoms with E-state index < -0.39 is 0 Å². The maximum Gasteiger partial charge on any atom is 0.191 e. The van der Waals surface area contributed by atoms with Crippen LogP contribution in [-0.2, 0) is 9.47 Å². The number of rotatable bonds is 11. The Morgan fingerprint density at radius 3 is 2.76 bits per heavy atom. The minimum Gasteiger partial charge on any atom is -0.381 e. The maximum atomic E-state index is 5.84. The minimum absolute atomic E-state index is 0. The smallest absolute Gasteiger partial charge is 0.191 e. The van der Waals surface area contributed by atoms with Crippen LogP contribution in [0.5, 0.6) is 0 Å². The second-order valence-electron chi connectivity index (χ2n) is 7.77. The molecule has 1 aliphatic heterocycles. The van der Waals surface area contributed by atoms with Crippen molar-refractivity contribution in [3.63, 3.8) is 0 Å². The van der Waals surface area contributed by atoms with E-state index >= 15 is 0 Å². The summed E-state index contributed by atoms with van der Waals surface area (Å²) in [6.07, 6.45) is 7.01. The number of pyridine rings is 1. The van der Waals surface area contributed by atoms with Crippen molar-refractivity contribution >= 4 is 29.9 Å². The standard InChI is InChI=1S/C22H38N4O2.HI/c1-4-24-22(25-11-6-12-28-17-19-8-13-27-14-9-19)26-16-21(18(2)3)20-7-5-10-23-15-20;/h5,7,10,15,18-19,21H,4,6,8-9,11-14,16-17H2,1-3H3,(H2,24,25,26);1H. The maximum absolute atomic E-state index is 5.84. The van der Waals surface area contributed by atoms with Gasteiger partial charge in [0.05, 0.1) is 0 Å². The monoisotopic (exact) mass is 518 g/mol. The minimum atomic E-state index is 0. The molecule has 1 unspecified atom stereocenters. The van der Waals surface area contributed by atoms with Gasteiger partial charge in [-0.25, -0.2) is 0 Å². The normalized spacial score (nSPS) is 16.3. The number of halogens is 1. The van der Waals surface area contributed by atoms with E-state index in [1.54, 1.807) is 0 Å². The molecule has 0 amide bonds. The molecule has 1 atom stereocenters. The van der Waals surface area contributed by atoms with Gasteiger partial charge in [-0.1, -0.05) is 19.9 Å². The third-order valence-electron chi connectivity index (χ3n) is 5.16. The van der Waals surface area contributed by atoms with Crippen molar-refractivity contribution in [3.05, 3.63) is 30.1 Å². The SMILES string of the molecule is CCNC(=NCC(c1cccnc1)C(C)C)NCCCOCC1CCOCC1.I. The van der Waals surface area contributed by atoms with Crippen LogP contribution in [0, 0.1) is 11.8 Å². The first-order valence-corrected chi connectivity index (χ1v) is 10.8. The van der Waals surface area contributed by atoms with Gasteiger partial charge in [-0.15, -0.1) is 24.0 Å². The Balaban J connectivity index is 0.00000420. The van der Waals surface area contributed by atoms with Gasteiger partial charge in [0.15, 0.2) is 5.96 Å². The second-order valence-corrected chi connectivity index (χ2v) is 7.77. The molecule has 29 heavy (non-hydrogen) atoms. The summed E-state index contributed by atoms with van der Waals surface area (Å²) in [5, 5.41) is 6.77. The molecule has 1 fully saturated rings. The van der Waals surface area contributed by atoms with Gasteiger partial charge in [-0.2, -0.15) is 0 Å². The third-order valence-corrected chi connectivity index (χ3v) is 5.16. The number of nitrogens with one attached hydrogen (secondary N) is 2. The van der Waals surface area contributed by atoms with Crippen LogP contribution < -0.4 is 10.6 Å². The van der Waals surface area contributed by atoms with E-state index in [4.69, 9.17) is 14.5 Å². The largest absolute Gasteiger partial charge is 0.381 e. The molecule has 1 aromatic heterocycles. The van der Waals surface area contributed by atoms with Crippen molar-refractivity contribution in [1.29, 1.82) is 0 Å². The molecule has 0 saturated carbocycles. The molecular weight excluding hydrogens is 479 g/mol. The highest BCUT2D eigenvalue weighted by Crippen LogP contribution is 2.23. The summed E-state index contributed by atoms with van der Waals surface area (Å²) >= 11 is 0. The Morgan fingerprint density at radius 1 is 1.31 bits per heavy atom. The van der Waals surface area contributed by atoms with Crippen LogP contribution >= 0.6 is 24.0 Å². The third kappa shape index (κ3) is 10.6. The highest BCUT2D eigenvalue weighted by Gasteiger charge is 2.16. The Morgan fingerprint density at radius 2 is 2.10 bits per heavy atom. The van der Waals surface area contributed by atoms with E-state index in [1.807, 2.05) is 18.5 Å². The van der Waals surface area contributed by atoms with Gasteiger partial charge in [0.25, 0.3) is 0 Å². The van der Waals surface area contributed by atoms with Crippen LogP contribution in [0.4, 0.5) is 0 Å². The predicted molar refractivity (Wildman–Crippen MR) is 130 cm³/mol. The lowest BCUT2D eigenvalue weighted by molar-refractivity contribution is 0.0203. The summed E-state index contributed by atoms with van der Waals surface area (Å²) in [6.45, 7) is 12.4. The van der Waals surface area contributed by atoms with Crippen molar-refractivity contribution in [1.82, 2.24) is 15.6 Å². The van der Waals surface area contributed by atoms with Crippen LogP contribution in [0.1, 0.15) is 51.5 Å². The number of ether oxygens (including phenoxy) is 2. The average molecular weight is 518 g/mol. The van der Waals surface area contributed by atoms with Gasteiger partial charge in [0.2, 0.25) is 0 Å². The summed E-state index contributed by atoms with van der Waals surface area (Å²) in [6, 6.07) is 4.14. The van der Waals surface area contributed by atoms with Gasteiger partial charge in [0.1, 0.15) is 0 Å². The molecule has 2 heterocycles. The topological polar surface area (TPSA) is 67.8 Å². The first-order valence-electron chi connectivity index (χ1n) is 10.8. The van der Waals surface area contributed by atoms with Gasteiger partial charge in [-0.3, -0.25) is 9.98 Å². The zero-order valence-electron chi connectivity index (χ0n) is 18.2. The average Bonchev–Trinajstić information content (AvgIpc) is 2.72. The molecule has 6 nitrogen and oxygen atoms in total. The van der Waals surface area contributed by atoms with Gasteiger partial charge in [-0.05, 0) is 49.7 Å². The van der Waals surface area contributed by atoms with E-state index in [9.17, 15) is 0 Å². The van der Waals surface area contributed by atoms with Crippen molar-refractivity contribution in [2.45, 2.75) is 46.0 Å². The van der Waals surface area contributed by atoms with Crippen molar-refractivity contribution < 1.29 is 9.47 Å². The van der Waals surface area contributed by atoms with E-state index in [0.29, 0.717) is 17.8 Å². The molecule has 0 bridgehead atoms. The lowest BCUT2D eigenvalue weighted by Crippen LogP contribution is -2.38. The molecule has 0 aromatic carbocycles. The van der Waals surface area contributed by atoms with E-state index in [2.05, 4.69) is 42.5 Å². The fourth-order valence-electron chi connectivity index (χ4n) is 3.37. The summed E-state index contributed by atoms with van der Waals surface area (Å²) in [5.74, 6) is 2.42. The Kier molecular flexibility index (Phi) is 14.3. The molecule has 1 aromatic rings. The number of aliphatic imine (C=N–C) groups is 1. The van der Waals surface area contributed by atoms with Gasteiger partial charge in [0, 0.05) is 64.4 Å². The molecule has 2 N–H and O–H groups in total. The van der Waals surface area contributed by atoms with E-state index in [-0.39, 0.29) is 24.0 Å². The summed E-state index contributed by atoms with van der Waals surface area (Å²) < 4.78 is 11.2. The number of hydrogen-bond acceptors (Lipinski definition) is 4. The van der Waals surface area contributed by atoms with Crippen LogP contribution in [0.15, 0.2) is 29.5 Å². The van der Waals surface area contributed by atoms with Crippen LogP contribution in [0.25, 0.3) is 0 Å². The molecule has 0 aliphatic carbocycles. The molecule has 2 rings (SSSR count). The summed E-state index contributed by atoms with van der Waals surface area (Å²) in [4.78, 5) is 9.08. The van der Waals surface area contributed by atoms with Crippen LogP contribution in [0.3, 0.4) is 0 Å². The number of hydrogen-bond donors (Lipinski definition) is 2. The lowest BCUT2D eigenvalue weighted by Gasteiger charge is -2.22. The van der Waals surface area contributed by atoms with Crippen LogP contribution in [0.2, 0.25) is 0 Å². The van der Waals surface area contributed by atoms with Crippen molar-refractivity contribution in [2.75, 3.05) is 46.1 Å². The number of nitrogens with zero attached hydrogens (tertiary/aromatic N) is 2. The van der Waals surface area contributed by atoms with Crippen molar-refractivity contribution in [3.8, 4) is 0 Å². The fourth-order valence-corrected chi connectivity index (χ4v) is 3.37. The molecular formula is C22H39IN4O2. The molecule has 0 radical (unpaired) electrons. The van der Waals surface area contributed by atoms with Crippen molar-refractivity contribution in [2.24, 2.45) is 16.8 Å². The molecule has 0 spiro atoms. The molecule has 1 saturated heterocycles. The Hall–Kier alpha value is -0.930. The van der Waals surface area contributed by atoms with E-state index in [1.165, 1.54) is 5.56 Å². The predicted octanol–water partition coefficient (Wildman–Crippen LogP) is 3.83. The Labute approximate surface area is 193 Å².